The first-order chi connectivity index (χ1) is 25.4. The van der Waals surface area contributed by atoms with Gasteiger partial charge >= 0.3 is 0 Å². The minimum atomic E-state index is -1.04. The lowest BCUT2D eigenvalue weighted by molar-refractivity contribution is -0.173. The molecule has 262 valence electrons. The zero-order valence-corrected chi connectivity index (χ0v) is 28.5. The Morgan fingerprint density at radius 1 is 1.00 bits per heavy atom. The van der Waals surface area contributed by atoms with Crippen molar-refractivity contribution in [2.45, 2.75) is 61.8 Å². The average molecular weight is 695 g/mol. The molecule has 2 aliphatic heterocycles. The summed E-state index contributed by atoms with van der Waals surface area (Å²) >= 11 is 0. The van der Waals surface area contributed by atoms with Gasteiger partial charge in [-0.2, -0.15) is 0 Å². The number of rotatable bonds is 8. The Bertz CT molecular complexity index is 2430. The molecule has 3 N–H and O–H groups in total. The number of aromatic nitrogens is 4. The van der Waals surface area contributed by atoms with E-state index in [0.717, 1.165) is 65.1 Å². The zero-order chi connectivity index (χ0) is 34.8. The summed E-state index contributed by atoms with van der Waals surface area (Å²) in [5.41, 5.74) is 6.92. The van der Waals surface area contributed by atoms with E-state index in [0.29, 0.717) is 35.4 Å². The SMILES string of the molecule is O=C(COn1nnc2ccccc21)Nc1ccc(Cn2c3c(c4ccccc42)C[C@@]2(O)[C@@H]4Cc5ccc(O)c6c5[C@@]2(CCN4CC2CC2)[C@H]3O6)cc1. The van der Waals surface area contributed by atoms with E-state index in [1.807, 2.05) is 48.5 Å². The smallest absolute Gasteiger partial charge is 0.265 e. The molecule has 11 nitrogen and oxygen atoms in total. The number of ether oxygens (including phenoxy) is 1. The highest BCUT2D eigenvalue weighted by molar-refractivity contribution is 5.92. The highest BCUT2D eigenvalue weighted by Gasteiger charge is 2.73. The van der Waals surface area contributed by atoms with Gasteiger partial charge in [0.05, 0.1) is 16.7 Å². The van der Waals surface area contributed by atoms with Crippen LogP contribution in [0.2, 0.25) is 0 Å². The predicted molar refractivity (Wildman–Crippen MR) is 193 cm³/mol. The molecule has 1 saturated carbocycles. The van der Waals surface area contributed by atoms with Crippen molar-refractivity contribution in [3.63, 3.8) is 0 Å². The second-order valence-electron chi connectivity index (χ2n) is 15.4. The number of carbonyl (C=O) groups excluding carboxylic acids is 1. The lowest BCUT2D eigenvalue weighted by Gasteiger charge is -2.63. The molecular formula is C41H38N6O5. The van der Waals surface area contributed by atoms with E-state index >= 15 is 0 Å². The highest BCUT2D eigenvalue weighted by atomic mass is 16.7. The molecule has 3 aliphatic carbocycles. The number of amides is 1. The van der Waals surface area contributed by atoms with Crippen LogP contribution in [0, 0.1) is 5.92 Å². The second-order valence-corrected chi connectivity index (χ2v) is 15.4. The first-order valence-electron chi connectivity index (χ1n) is 18.3. The summed E-state index contributed by atoms with van der Waals surface area (Å²) in [7, 11) is 0. The van der Waals surface area contributed by atoms with Gasteiger partial charge in [0.25, 0.3) is 5.91 Å². The predicted octanol–water partition coefficient (Wildman–Crippen LogP) is 4.91. The number of para-hydroxylation sites is 2. The first kappa shape index (κ1) is 30.3. The molecule has 6 aromatic rings. The summed E-state index contributed by atoms with van der Waals surface area (Å²) in [5.74, 6) is 1.10. The van der Waals surface area contributed by atoms with Gasteiger partial charge in [-0.05, 0) is 96.4 Å². The monoisotopic (exact) mass is 694 g/mol. The van der Waals surface area contributed by atoms with Gasteiger partial charge in [0.15, 0.2) is 24.2 Å². The molecule has 4 heterocycles. The minimum Gasteiger partial charge on any atom is -0.504 e. The molecule has 5 aliphatic rings. The number of aromatic hydroxyl groups is 1. The Morgan fingerprint density at radius 2 is 1.81 bits per heavy atom. The fourth-order valence-electron chi connectivity index (χ4n) is 10.1. The molecule has 11 rings (SSSR count). The molecule has 2 aromatic heterocycles. The molecule has 4 atom stereocenters. The lowest BCUT2D eigenvalue weighted by Crippen LogP contribution is -2.74. The Hall–Kier alpha value is -5.39. The van der Waals surface area contributed by atoms with Gasteiger partial charge in [-0.15, -0.1) is 5.10 Å². The molecule has 52 heavy (non-hydrogen) atoms. The summed E-state index contributed by atoms with van der Waals surface area (Å²) in [6, 6.07) is 27.5. The third-order valence-electron chi connectivity index (χ3n) is 12.5. The van der Waals surface area contributed by atoms with Crippen molar-refractivity contribution in [1.82, 2.24) is 24.6 Å². The molecule has 1 spiro atoms. The number of hydrogen-bond donors (Lipinski definition) is 3. The summed E-state index contributed by atoms with van der Waals surface area (Å²) in [6.45, 7) is 2.30. The number of nitrogens with one attached hydrogen (secondary N) is 1. The van der Waals surface area contributed by atoms with E-state index in [1.165, 1.54) is 23.3 Å². The first-order valence-corrected chi connectivity index (χ1v) is 18.3. The maximum absolute atomic E-state index is 13.3. The number of phenolic OH excluding ortho intramolecular Hbond substituents is 1. The maximum Gasteiger partial charge on any atom is 0.265 e. The third kappa shape index (κ3) is 4.17. The maximum atomic E-state index is 13.3. The van der Waals surface area contributed by atoms with Crippen LogP contribution >= 0.6 is 0 Å². The number of likely N-dealkylation sites (tertiary alicyclic amines) is 1. The summed E-state index contributed by atoms with van der Waals surface area (Å²) in [4.78, 5) is 22.2. The minimum absolute atomic E-state index is 0.0186. The number of nitrogens with zero attached hydrogens (tertiary/aromatic N) is 5. The van der Waals surface area contributed by atoms with Crippen molar-refractivity contribution in [3.8, 4) is 11.5 Å². The largest absolute Gasteiger partial charge is 0.504 e. The fraction of sp³-hybridized carbons (Fsp3) is 0.341. The van der Waals surface area contributed by atoms with Crippen molar-refractivity contribution in [2.75, 3.05) is 25.0 Å². The number of aliphatic hydroxyl groups is 1. The Kier molecular flexibility index (Phi) is 6.29. The fourth-order valence-corrected chi connectivity index (χ4v) is 10.1. The number of fused-ring (bicyclic) bond motifs is 5. The van der Waals surface area contributed by atoms with E-state index in [2.05, 4.69) is 55.4 Å². The van der Waals surface area contributed by atoms with Crippen LogP contribution in [0.15, 0.2) is 84.9 Å². The van der Waals surface area contributed by atoms with Gasteiger partial charge in [0.2, 0.25) is 0 Å². The van der Waals surface area contributed by atoms with Gasteiger partial charge in [-0.1, -0.05) is 53.4 Å². The Morgan fingerprint density at radius 3 is 2.65 bits per heavy atom. The number of carbonyl (C=O) groups is 1. The molecule has 2 bridgehead atoms. The number of benzene rings is 4. The van der Waals surface area contributed by atoms with Gasteiger partial charge < -0.3 is 29.7 Å². The van der Waals surface area contributed by atoms with Gasteiger partial charge in [0, 0.05) is 47.7 Å². The summed E-state index contributed by atoms with van der Waals surface area (Å²) in [5, 5.41) is 36.6. The van der Waals surface area contributed by atoms with Crippen LogP contribution in [0.3, 0.4) is 0 Å². The topological polar surface area (TPSA) is 127 Å². The number of hydrogen-bond acceptors (Lipinski definition) is 8. The van der Waals surface area contributed by atoms with Crippen LogP contribution in [0.1, 0.15) is 53.3 Å². The molecule has 4 aromatic carbocycles. The summed E-state index contributed by atoms with van der Waals surface area (Å²) in [6.07, 6.45) is 4.16. The number of piperidine rings is 1. The quantitative estimate of drug-likeness (QED) is 0.205. The van der Waals surface area contributed by atoms with Crippen LogP contribution in [0.25, 0.3) is 21.9 Å². The van der Waals surface area contributed by atoms with Gasteiger partial charge in [0.1, 0.15) is 11.0 Å². The van der Waals surface area contributed by atoms with E-state index < -0.39 is 17.1 Å². The van der Waals surface area contributed by atoms with Crippen LogP contribution in [0.5, 0.6) is 11.5 Å². The van der Waals surface area contributed by atoms with Crippen molar-refractivity contribution >= 4 is 33.5 Å². The average Bonchev–Trinajstić information content (AvgIpc) is 3.65. The lowest BCUT2D eigenvalue weighted by atomic mass is 9.49. The molecule has 0 unspecified atom stereocenters. The van der Waals surface area contributed by atoms with Crippen molar-refractivity contribution in [1.29, 1.82) is 0 Å². The second kappa shape index (κ2) is 10.8. The zero-order valence-electron chi connectivity index (χ0n) is 28.5. The van der Waals surface area contributed by atoms with Crippen molar-refractivity contribution in [2.24, 2.45) is 5.92 Å². The standard InChI is InChI=1S/C41H38N6O5/c48-33-16-13-26-19-34-41(50)20-29-28-5-1-3-7-31(28)46(37(29)39-40(41,36(26)38(33)52-39)17-18-45(34)21-24-9-10-24)22-25-11-14-27(15-12-25)42-35(49)23-51-47-32-8-4-2-6-30(32)43-44-47/h1-8,11-16,24,34,39,48,50H,9-10,17-23H2,(H,42,49)/t34-,39-,40-,41+/m0/s1. The normalized spacial score (nSPS) is 25.5. The summed E-state index contributed by atoms with van der Waals surface area (Å²) < 4.78 is 9.31. The van der Waals surface area contributed by atoms with E-state index in [-0.39, 0.29) is 24.3 Å². The Labute approximate surface area is 299 Å². The van der Waals surface area contributed by atoms with Crippen molar-refractivity contribution < 1.29 is 24.6 Å². The molecule has 0 radical (unpaired) electrons. The molecule has 2 fully saturated rings. The van der Waals surface area contributed by atoms with Crippen LogP contribution in [0.4, 0.5) is 5.69 Å². The van der Waals surface area contributed by atoms with Gasteiger partial charge in [-0.25, -0.2) is 0 Å². The van der Waals surface area contributed by atoms with E-state index in [4.69, 9.17) is 9.57 Å². The third-order valence-corrected chi connectivity index (χ3v) is 12.5. The van der Waals surface area contributed by atoms with Crippen LogP contribution < -0.4 is 14.9 Å². The highest BCUT2D eigenvalue weighted by Crippen LogP contribution is 2.69. The van der Waals surface area contributed by atoms with Gasteiger partial charge in [-0.3, -0.25) is 9.69 Å². The molecule has 1 saturated heterocycles. The molecular weight excluding hydrogens is 656 g/mol. The number of anilines is 1. The Balaban J connectivity index is 0.926. The molecule has 1 amide bonds. The number of phenols is 1. The van der Waals surface area contributed by atoms with E-state index in [1.54, 1.807) is 6.07 Å². The van der Waals surface area contributed by atoms with Crippen molar-refractivity contribution in [3.05, 3.63) is 113 Å². The molecule has 11 heteroatoms. The van der Waals surface area contributed by atoms with Crippen LogP contribution in [-0.2, 0) is 29.6 Å². The van der Waals surface area contributed by atoms with E-state index in [9.17, 15) is 15.0 Å². The van der Waals surface area contributed by atoms with Crippen LogP contribution in [-0.4, -0.2) is 72.1 Å².